The summed E-state index contributed by atoms with van der Waals surface area (Å²) in [5.74, 6) is -1.11. The van der Waals surface area contributed by atoms with E-state index in [0.717, 1.165) is 5.56 Å². The Morgan fingerprint density at radius 2 is 1.17 bits per heavy atom. The minimum absolute atomic E-state index is 0.00112. The molecule has 0 radical (unpaired) electrons. The molecule has 1 aliphatic heterocycles. The lowest BCUT2D eigenvalue weighted by atomic mass is 9.85. The van der Waals surface area contributed by atoms with Crippen LogP contribution in [0, 0.1) is 0 Å². The molecule has 1 N–H and O–H groups in total. The molecular formula is C36H24Cl4O8. The number of rotatable bonds is 8. The predicted molar refractivity (Wildman–Crippen MR) is 182 cm³/mol. The van der Waals surface area contributed by atoms with E-state index in [-0.39, 0.29) is 54.2 Å². The van der Waals surface area contributed by atoms with Crippen LogP contribution in [0.5, 0.6) is 34.5 Å². The first-order valence-corrected chi connectivity index (χ1v) is 15.8. The molecule has 5 aromatic rings. The number of methoxy groups -OCH3 is 2. The first-order valence-electron chi connectivity index (χ1n) is 14.3. The number of phenolic OH excluding ortho intramolecular Hbond substituents is 1. The van der Waals surface area contributed by atoms with Crippen LogP contribution in [0.15, 0.2) is 91.0 Å². The second kappa shape index (κ2) is 13.9. The highest BCUT2D eigenvalue weighted by atomic mass is 35.5. The number of hydrogen-bond donors (Lipinski definition) is 1. The molecule has 0 aromatic heterocycles. The number of carbonyl (C=O) groups excluding carboxylic acids is 2. The van der Waals surface area contributed by atoms with Crippen molar-refractivity contribution in [3.63, 3.8) is 0 Å². The van der Waals surface area contributed by atoms with Gasteiger partial charge in [0.15, 0.2) is 11.5 Å². The quantitative estimate of drug-likeness (QED) is 0.125. The van der Waals surface area contributed by atoms with Gasteiger partial charge in [0.1, 0.15) is 29.1 Å². The lowest BCUT2D eigenvalue weighted by molar-refractivity contribution is 0.0733. The molecule has 12 heteroatoms. The minimum Gasteiger partial charge on any atom is -0.504 e. The van der Waals surface area contributed by atoms with Gasteiger partial charge in [-0.25, -0.2) is 9.59 Å². The van der Waals surface area contributed by atoms with Crippen molar-refractivity contribution in [1.82, 2.24) is 0 Å². The molecule has 244 valence electrons. The van der Waals surface area contributed by atoms with E-state index in [9.17, 15) is 14.7 Å². The van der Waals surface area contributed by atoms with Crippen molar-refractivity contribution in [2.75, 3.05) is 14.2 Å². The van der Waals surface area contributed by atoms with E-state index < -0.39 is 24.0 Å². The Balaban J connectivity index is 1.49. The average molecular weight is 726 g/mol. The molecule has 0 saturated heterocycles. The number of hydrogen-bond acceptors (Lipinski definition) is 8. The molecule has 8 nitrogen and oxygen atoms in total. The third kappa shape index (κ3) is 6.57. The number of halogens is 4. The van der Waals surface area contributed by atoms with Gasteiger partial charge < -0.3 is 28.8 Å². The molecule has 48 heavy (non-hydrogen) atoms. The molecule has 2 atom stereocenters. The van der Waals surface area contributed by atoms with Gasteiger partial charge in [0.05, 0.1) is 51.4 Å². The van der Waals surface area contributed by atoms with Crippen LogP contribution in [0.3, 0.4) is 0 Å². The summed E-state index contributed by atoms with van der Waals surface area (Å²) in [6.45, 7) is 0. The normalized spacial score (nSPS) is 14.9. The smallest absolute Gasteiger partial charge is 0.346 e. The van der Waals surface area contributed by atoms with Gasteiger partial charge in [-0.3, -0.25) is 0 Å². The molecule has 0 saturated carbocycles. The third-order valence-electron chi connectivity index (χ3n) is 7.66. The van der Waals surface area contributed by atoms with Crippen LogP contribution in [0.25, 0.3) is 0 Å². The summed E-state index contributed by atoms with van der Waals surface area (Å²) < 4.78 is 28.7. The van der Waals surface area contributed by atoms with Gasteiger partial charge in [-0.1, -0.05) is 70.7 Å². The SMILES string of the molecule is COc1ccc([C@@H]2Oc3cc(OC)c(O)cc3[C@H]2c2cc(OC(=O)c3c(Cl)cccc3Cl)cc(OC(=O)c3c(Cl)cccc3Cl)c2)cc1. The summed E-state index contributed by atoms with van der Waals surface area (Å²) in [7, 11) is 3.00. The maximum Gasteiger partial charge on any atom is 0.346 e. The van der Waals surface area contributed by atoms with Crippen LogP contribution in [-0.2, 0) is 0 Å². The van der Waals surface area contributed by atoms with Crippen molar-refractivity contribution in [1.29, 1.82) is 0 Å². The largest absolute Gasteiger partial charge is 0.504 e. The van der Waals surface area contributed by atoms with Crippen molar-refractivity contribution >= 4 is 58.3 Å². The zero-order valence-electron chi connectivity index (χ0n) is 25.1. The Hall–Kier alpha value is -4.60. The zero-order chi connectivity index (χ0) is 34.1. The first kappa shape index (κ1) is 33.3. The molecule has 1 heterocycles. The van der Waals surface area contributed by atoms with Crippen molar-refractivity contribution in [3.05, 3.63) is 139 Å². The van der Waals surface area contributed by atoms with Gasteiger partial charge in [0.2, 0.25) is 0 Å². The van der Waals surface area contributed by atoms with E-state index in [4.69, 9.17) is 70.1 Å². The van der Waals surface area contributed by atoms with Gasteiger partial charge in [0.25, 0.3) is 0 Å². The summed E-state index contributed by atoms with van der Waals surface area (Å²) in [6, 6.07) is 24.2. The maximum atomic E-state index is 13.4. The summed E-state index contributed by atoms with van der Waals surface area (Å²) in [6.07, 6.45) is -0.650. The van der Waals surface area contributed by atoms with Crippen LogP contribution >= 0.6 is 46.4 Å². The number of phenols is 1. The Morgan fingerprint density at radius 3 is 1.65 bits per heavy atom. The third-order valence-corrected chi connectivity index (χ3v) is 8.92. The molecule has 0 spiro atoms. The van der Waals surface area contributed by atoms with Crippen molar-refractivity contribution < 1.29 is 38.4 Å². The molecule has 0 unspecified atom stereocenters. The number of fused-ring (bicyclic) bond motifs is 1. The average Bonchev–Trinajstić information content (AvgIpc) is 3.42. The molecular weight excluding hydrogens is 702 g/mol. The molecule has 0 aliphatic carbocycles. The van der Waals surface area contributed by atoms with E-state index in [0.29, 0.717) is 22.6 Å². The molecule has 0 bridgehead atoms. The lowest BCUT2D eigenvalue weighted by Crippen LogP contribution is -2.15. The Bertz CT molecular complexity index is 1920. The number of benzene rings is 5. The second-order valence-electron chi connectivity index (χ2n) is 10.6. The fraction of sp³-hybridized carbons (Fsp3) is 0.111. The Labute approximate surface area is 295 Å². The van der Waals surface area contributed by atoms with E-state index in [1.807, 2.05) is 12.1 Å². The Kier molecular flexibility index (Phi) is 9.62. The van der Waals surface area contributed by atoms with Crippen molar-refractivity contribution in [2.24, 2.45) is 0 Å². The first-order chi connectivity index (χ1) is 23.1. The lowest BCUT2D eigenvalue weighted by Gasteiger charge is -2.22. The zero-order valence-corrected chi connectivity index (χ0v) is 28.2. The number of carbonyl (C=O) groups is 2. The summed E-state index contributed by atoms with van der Waals surface area (Å²) >= 11 is 25.2. The molecule has 0 fully saturated rings. The standard InChI is InChI=1S/C36H24Cl4O8/c1-44-20-11-9-18(10-12-20)34-31(23-16-28(41)30(45-2)17-29(23)48-34)19-13-21(46-35(42)32-24(37)5-3-6-25(32)38)15-22(14-19)47-36(43)33-26(39)7-4-8-27(33)40/h3-17,31,34,41H,1-2H3/t31-,34+/m1/s1. The number of esters is 2. The van der Waals surface area contributed by atoms with Gasteiger partial charge in [-0.2, -0.15) is 0 Å². The topological polar surface area (TPSA) is 101 Å². The van der Waals surface area contributed by atoms with Crippen LogP contribution in [0.1, 0.15) is 49.4 Å². The van der Waals surface area contributed by atoms with Crippen LogP contribution in [0.4, 0.5) is 0 Å². The highest BCUT2D eigenvalue weighted by molar-refractivity contribution is 6.40. The monoisotopic (exact) mass is 724 g/mol. The van der Waals surface area contributed by atoms with Gasteiger partial charge in [0, 0.05) is 17.7 Å². The molecule has 0 amide bonds. The summed E-state index contributed by atoms with van der Waals surface area (Å²) in [4.78, 5) is 26.8. The van der Waals surface area contributed by atoms with Crippen molar-refractivity contribution in [2.45, 2.75) is 12.0 Å². The van der Waals surface area contributed by atoms with Crippen LogP contribution in [0.2, 0.25) is 20.1 Å². The highest BCUT2D eigenvalue weighted by Gasteiger charge is 2.39. The fourth-order valence-electron chi connectivity index (χ4n) is 5.44. The van der Waals surface area contributed by atoms with Gasteiger partial charge in [-0.05, 0) is 65.7 Å². The van der Waals surface area contributed by atoms with E-state index >= 15 is 0 Å². The van der Waals surface area contributed by atoms with Gasteiger partial charge in [-0.15, -0.1) is 0 Å². The van der Waals surface area contributed by atoms with Gasteiger partial charge >= 0.3 is 11.9 Å². The summed E-state index contributed by atoms with van der Waals surface area (Å²) in [5, 5.41) is 11.1. The second-order valence-corrected chi connectivity index (χ2v) is 12.2. The predicted octanol–water partition coefficient (Wildman–Crippen LogP) is 9.73. The number of aromatic hydroxyl groups is 1. The van der Waals surface area contributed by atoms with Crippen LogP contribution < -0.4 is 23.7 Å². The number of ether oxygens (including phenoxy) is 5. The van der Waals surface area contributed by atoms with Crippen LogP contribution in [-0.4, -0.2) is 31.3 Å². The minimum atomic E-state index is -0.841. The van der Waals surface area contributed by atoms with Crippen molar-refractivity contribution in [3.8, 4) is 34.5 Å². The van der Waals surface area contributed by atoms with E-state index in [1.54, 1.807) is 55.6 Å². The molecule has 1 aliphatic rings. The fourth-order valence-corrected chi connectivity index (χ4v) is 6.55. The van der Waals surface area contributed by atoms with E-state index in [2.05, 4.69) is 0 Å². The highest BCUT2D eigenvalue weighted by Crippen LogP contribution is 2.53. The Morgan fingerprint density at radius 1 is 0.646 bits per heavy atom. The maximum absolute atomic E-state index is 13.4. The summed E-state index contributed by atoms with van der Waals surface area (Å²) in [5.41, 5.74) is 1.77. The van der Waals surface area contributed by atoms with E-state index in [1.165, 1.54) is 37.4 Å². The molecule has 6 rings (SSSR count). The molecule has 5 aromatic carbocycles.